The second-order valence-electron chi connectivity index (χ2n) is 5.58. The molecule has 5 heteroatoms. The summed E-state index contributed by atoms with van der Waals surface area (Å²) >= 11 is 0. The summed E-state index contributed by atoms with van der Waals surface area (Å²) in [4.78, 5) is 0. The number of fused-ring (bicyclic) bond motifs is 1. The van der Waals surface area contributed by atoms with Gasteiger partial charge in [-0.2, -0.15) is 5.26 Å². The summed E-state index contributed by atoms with van der Waals surface area (Å²) in [5.41, 5.74) is 8.97. The van der Waals surface area contributed by atoms with Crippen LogP contribution in [0.3, 0.4) is 0 Å². The summed E-state index contributed by atoms with van der Waals surface area (Å²) in [7, 11) is 0. The van der Waals surface area contributed by atoms with E-state index < -0.39 is 5.41 Å². The Bertz CT molecular complexity index is 770. The van der Waals surface area contributed by atoms with Gasteiger partial charge in [-0.25, -0.2) is 0 Å². The molecule has 0 bridgehead atoms. The van der Waals surface area contributed by atoms with E-state index in [1.54, 1.807) is 0 Å². The average Bonchev–Trinajstić information content (AvgIpc) is 2.89. The SMILES string of the molecule is CCC1(Cc2ccccc2)C(C#N)=C(N)Oc2n[nH]c(C)c21. The first-order valence-electron chi connectivity index (χ1n) is 7.30. The number of allylic oxidation sites excluding steroid dienone is 1. The van der Waals surface area contributed by atoms with Crippen molar-refractivity contribution in [3.63, 3.8) is 0 Å². The van der Waals surface area contributed by atoms with Gasteiger partial charge in [0.15, 0.2) is 0 Å². The number of nitrogens with two attached hydrogens (primary N) is 1. The lowest BCUT2D eigenvalue weighted by Gasteiger charge is -2.36. The number of nitrogens with zero attached hydrogens (tertiary/aromatic N) is 2. The molecule has 1 aromatic carbocycles. The van der Waals surface area contributed by atoms with E-state index in [4.69, 9.17) is 10.5 Å². The molecule has 112 valence electrons. The van der Waals surface area contributed by atoms with Crippen LogP contribution in [-0.2, 0) is 11.8 Å². The van der Waals surface area contributed by atoms with Crippen LogP contribution < -0.4 is 10.5 Å². The van der Waals surface area contributed by atoms with Crippen molar-refractivity contribution in [2.24, 2.45) is 5.73 Å². The lowest BCUT2D eigenvalue weighted by Crippen LogP contribution is -2.37. The van der Waals surface area contributed by atoms with Gasteiger partial charge in [0, 0.05) is 16.7 Å². The fourth-order valence-electron chi connectivity index (χ4n) is 3.32. The average molecular weight is 294 g/mol. The van der Waals surface area contributed by atoms with E-state index in [-0.39, 0.29) is 5.88 Å². The minimum absolute atomic E-state index is 0.152. The van der Waals surface area contributed by atoms with E-state index in [0.717, 1.165) is 23.2 Å². The van der Waals surface area contributed by atoms with Gasteiger partial charge in [0.1, 0.15) is 11.6 Å². The van der Waals surface area contributed by atoms with E-state index in [1.807, 2.05) is 25.1 Å². The zero-order valence-electron chi connectivity index (χ0n) is 12.7. The minimum Gasteiger partial charge on any atom is -0.420 e. The zero-order chi connectivity index (χ0) is 15.7. The summed E-state index contributed by atoms with van der Waals surface area (Å²) in [5, 5.41) is 16.8. The number of aromatic nitrogens is 2. The van der Waals surface area contributed by atoms with Gasteiger partial charge in [-0.1, -0.05) is 37.3 Å². The standard InChI is InChI=1S/C17H18N4O/c1-3-17(9-12-7-5-4-6-8-12)13(10-18)15(19)22-16-14(17)11(2)20-21-16/h4-8H,3,9,19H2,1-2H3,(H,20,21). The van der Waals surface area contributed by atoms with Crippen LogP contribution in [-0.4, -0.2) is 10.2 Å². The Balaban J connectivity index is 2.22. The van der Waals surface area contributed by atoms with E-state index in [1.165, 1.54) is 0 Å². The second kappa shape index (κ2) is 5.23. The molecular weight excluding hydrogens is 276 g/mol. The van der Waals surface area contributed by atoms with Crippen LogP contribution >= 0.6 is 0 Å². The van der Waals surface area contributed by atoms with Crippen LogP contribution in [0.25, 0.3) is 0 Å². The highest BCUT2D eigenvalue weighted by Gasteiger charge is 2.45. The molecule has 3 rings (SSSR count). The molecule has 22 heavy (non-hydrogen) atoms. The Morgan fingerprint density at radius 2 is 2.09 bits per heavy atom. The Morgan fingerprint density at radius 3 is 2.73 bits per heavy atom. The quantitative estimate of drug-likeness (QED) is 0.911. The van der Waals surface area contributed by atoms with Crippen molar-refractivity contribution in [3.8, 4) is 11.9 Å². The number of H-pyrrole nitrogens is 1. The smallest absolute Gasteiger partial charge is 0.244 e. The topological polar surface area (TPSA) is 87.7 Å². The number of aryl methyl sites for hydroxylation is 1. The normalized spacial score (nSPS) is 20.2. The molecule has 1 aliphatic heterocycles. The maximum Gasteiger partial charge on any atom is 0.244 e. The molecule has 3 N–H and O–H groups in total. The van der Waals surface area contributed by atoms with E-state index in [2.05, 4.69) is 35.3 Å². The minimum atomic E-state index is -0.509. The van der Waals surface area contributed by atoms with Gasteiger partial charge in [0.25, 0.3) is 0 Å². The number of hydrogen-bond donors (Lipinski definition) is 2. The molecule has 0 fully saturated rings. The first-order valence-corrected chi connectivity index (χ1v) is 7.30. The van der Waals surface area contributed by atoms with Gasteiger partial charge < -0.3 is 10.5 Å². The molecule has 2 aromatic rings. The number of nitrogens with one attached hydrogen (secondary N) is 1. The van der Waals surface area contributed by atoms with Crippen molar-refractivity contribution in [3.05, 3.63) is 58.6 Å². The van der Waals surface area contributed by atoms with Crippen molar-refractivity contribution < 1.29 is 4.74 Å². The number of nitriles is 1. The van der Waals surface area contributed by atoms with Crippen LogP contribution in [0.1, 0.15) is 30.2 Å². The number of ether oxygens (including phenoxy) is 1. The van der Waals surface area contributed by atoms with Crippen LogP contribution in [0.4, 0.5) is 0 Å². The highest BCUT2D eigenvalue weighted by Crippen LogP contribution is 2.47. The molecule has 5 nitrogen and oxygen atoms in total. The number of rotatable bonds is 3. The largest absolute Gasteiger partial charge is 0.420 e. The van der Waals surface area contributed by atoms with Gasteiger partial charge >= 0.3 is 0 Å². The number of hydrogen-bond acceptors (Lipinski definition) is 4. The predicted molar refractivity (Wildman–Crippen MR) is 82.9 cm³/mol. The summed E-state index contributed by atoms with van der Waals surface area (Å²) in [6.07, 6.45) is 1.42. The van der Waals surface area contributed by atoms with Crippen LogP contribution in [0.15, 0.2) is 41.8 Å². The van der Waals surface area contributed by atoms with Crippen molar-refractivity contribution in [1.82, 2.24) is 10.2 Å². The highest BCUT2D eigenvalue weighted by molar-refractivity contribution is 5.55. The van der Waals surface area contributed by atoms with E-state index in [0.29, 0.717) is 17.9 Å². The Hall–Kier alpha value is -2.74. The maximum absolute atomic E-state index is 9.66. The van der Waals surface area contributed by atoms with Crippen LogP contribution in [0, 0.1) is 18.3 Å². The number of benzene rings is 1. The van der Waals surface area contributed by atoms with Crippen molar-refractivity contribution >= 4 is 0 Å². The monoisotopic (exact) mass is 294 g/mol. The molecule has 0 aliphatic carbocycles. The molecule has 1 atom stereocenters. The highest BCUT2D eigenvalue weighted by atomic mass is 16.5. The molecule has 1 aliphatic rings. The van der Waals surface area contributed by atoms with E-state index >= 15 is 0 Å². The predicted octanol–water partition coefficient (Wildman–Crippen LogP) is 2.69. The summed E-state index contributed by atoms with van der Waals surface area (Å²) in [5.74, 6) is 0.631. The van der Waals surface area contributed by atoms with Gasteiger partial charge in [0.2, 0.25) is 11.8 Å². The molecule has 0 amide bonds. The Kier molecular flexibility index (Phi) is 3.38. The van der Waals surface area contributed by atoms with Gasteiger partial charge in [-0.3, -0.25) is 5.10 Å². The number of aromatic amines is 1. The fourth-order valence-corrected chi connectivity index (χ4v) is 3.32. The molecular formula is C17H18N4O. The Labute approximate surface area is 129 Å². The first-order chi connectivity index (χ1) is 10.6. The molecule has 0 radical (unpaired) electrons. The van der Waals surface area contributed by atoms with E-state index in [9.17, 15) is 5.26 Å². The first kappa shape index (κ1) is 14.2. The third kappa shape index (κ3) is 1.96. The van der Waals surface area contributed by atoms with Gasteiger partial charge in [0.05, 0.1) is 0 Å². The second-order valence-corrected chi connectivity index (χ2v) is 5.58. The van der Waals surface area contributed by atoms with Crippen molar-refractivity contribution in [2.45, 2.75) is 32.1 Å². The summed E-state index contributed by atoms with van der Waals surface area (Å²) < 4.78 is 5.54. The molecule has 0 saturated heterocycles. The molecule has 0 spiro atoms. The maximum atomic E-state index is 9.66. The molecule has 1 unspecified atom stereocenters. The lowest BCUT2D eigenvalue weighted by molar-refractivity contribution is 0.333. The molecule has 1 aromatic heterocycles. The van der Waals surface area contributed by atoms with Gasteiger partial charge in [-0.05, 0) is 25.3 Å². The molecule has 2 heterocycles. The third-order valence-electron chi connectivity index (χ3n) is 4.39. The summed E-state index contributed by atoms with van der Waals surface area (Å²) in [6, 6.07) is 12.4. The summed E-state index contributed by atoms with van der Waals surface area (Å²) in [6.45, 7) is 4.01. The van der Waals surface area contributed by atoms with Gasteiger partial charge in [-0.15, -0.1) is 5.10 Å². The third-order valence-corrected chi connectivity index (χ3v) is 4.39. The molecule has 0 saturated carbocycles. The lowest BCUT2D eigenvalue weighted by atomic mass is 9.67. The van der Waals surface area contributed by atoms with Crippen LogP contribution in [0.5, 0.6) is 5.88 Å². The zero-order valence-corrected chi connectivity index (χ0v) is 12.7. The Morgan fingerprint density at radius 1 is 1.36 bits per heavy atom. The van der Waals surface area contributed by atoms with Crippen LogP contribution in [0.2, 0.25) is 0 Å². The fraction of sp³-hybridized carbons (Fsp3) is 0.294. The van der Waals surface area contributed by atoms with Crippen molar-refractivity contribution in [2.75, 3.05) is 0 Å². The van der Waals surface area contributed by atoms with Crippen molar-refractivity contribution in [1.29, 1.82) is 5.26 Å².